The predicted octanol–water partition coefficient (Wildman–Crippen LogP) is 6.69. The van der Waals surface area contributed by atoms with Crippen molar-refractivity contribution in [2.75, 3.05) is 19.1 Å². The maximum atomic E-state index is 13.9. The third-order valence-electron chi connectivity index (χ3n) is 6.65. The number of hydrogen-bond acceptors (Lipinski definition) is 6. The fourth-order valence-electron chi connectivity index (χ4n) is 4.51. The van der Waals surface area contributed by atoms with Crippen molar-refractivity contribution in [3.63, 3.8) is 0 Å². The van der Waals surface area contributed by atoms with E-state index in [1.807, 2.05) is 73.1 Å². The Balaban J connectivity index is 1.58. The molecular formula is C31H31FN4O3. The summed E-state index contributed by atoms with van der Waals surface area (Å²) in [6.45, 7) is 3.13. The molecule has 7 nitrogen and oxygen atoms in total. The molecule has 8 heteroatoms. The first kappa shape index (κ1) is 26.0. The first-order valence-corrected chi connectivity index (χ1v) is 12.8. The Kier molecular flexibility index (Phi) is 7.63. The summed E-state index contributed by atoms with van der Waals surface area (Å²) in [4.78, 5) is 11.8. The van der Waals surface area contributed by atoms with Gasteiger partial charge in [-0.3, -0.25) is 0 Å². The standard InChI is InChI=1S/C31H31FN4O3/c1-5-23-16-24(32)10-15-28(23)39-29-17-27-30(33-20-35(27)2)31(34-29)36(18-21-6-11-25(37-3)12-7-21)19-22-8-13-26(38-4)14-9-22/h6-17,20H,5,18-19H2,1-4H3. The van der Waals surface area contributed by atoms with Gasteiger partial charge < -0.3 is 23.7 Å². The number of nitrogens with zero attached hydrogens (tertiary/aromatic N) is 4. The van der Waals surface area contributed by atoms with Crippen LogP contribution in [0.1, 0.15) is 23.6 Å². The molecule has 39 heavy (non-hydrogen) atoms. The average molecular weight is 527 g/mol. The van der Waals surface area contributed by atoms with Gasteiger partial charge in [-0.1, -0.05) is 31.2 Å². The van der Waals surface area contributed by atoms with Crippen molar-refractivity contribution in [2.24, 2.45) is 7.05 Å². The van der Waals surface area contributed by atoms with E-state index in [0.29, 0.717) is 37.0 Å². The zero-order valence-corrected chi connectivity index (χ0v) is 22.5. The van der Waals surface area contributed by atoms with Gasteiger partial charge in [-0.25, -0.2) is 9.37 Å². The summed E-state index contributed by atoms with van der Waals surface area (Å²) in [7, 11) is 5.25. The number of ether oxygens (including phenoxy) is 3. The molecule has 0 spiro atoms. The molecule has 2 heterocycles. The number of imidazole rings is 1. The average Bonchev–Trinajstić information content (AvgIpc) is 3.34. The highest BCUT2D eigenvalue weighted by Crippen LogP contribution is 2.33. The van der Waals surface area contributed by atoms with Crippen molar-refractivity contribution < 1.29 is 18.6 Å². The lowest BCUT2D eigenvalue weighted by atomic mass is 10.1. The van der Waals surface area contributed by atoms with Gasteiger partial charge in [0.1, 0.15) is 28.6 Å². The molecule has 0 aliphatic rings. The Bertz CT molecular complexity index is 1520. The first-order valence-electron chi connectivity index (χ1n) is 12.8. The number of pyridine rings is 1. The van der Waals surface area contributed by atoms with Gasteiger partial charge in [0.05, 0.1) is 26.1 Å². The van der Waals surface area contributed by atoms with E-state index in [1.54, 1.807) is 26.6 Å². The maximum Gasteiger partial charge on any atom is 0.223 e. The summed E-state index contributed by atoms with van der Waals surface area (Å²) in [5.74, 6) is 2.99. The number of rotatable bonds is 10. The molecule has 200 valence electrons. The Morgan fingerprint density at radius 3 is 2.03 bits per heavy atom. The Morgan fingerprint density at radius 2 is 1.46 bits per heavy atom. The molecule has 0 unspecified atom stereocenters. The van der Waals surface area contributed by atoms with Crippen molar-refractivity contribution in [1.82, 2.24) is 14.5 Å². The van der Waals surface area contributed by atoms with Crippen LogP contribution in [-0.2, 0) is 26.6 Å². The van der Waals surface area contributed by atoms with Crippen LogP contribution in [0.25, 0.3) is 11.0 Å². The molecule has 0 amide bonds. The third kappa shape index (κ3) is 5.80. The molecule has 2 aromatic heterocycles. The Labute approximate surface area is 227 Å². The predicted molar refractivity (Wildman–Crippen MR) is 150 cm³/mol. The molecule has 0 radical (unpaired) electrons. The molecule has 5 rings (SSSR count). The zero-order chi connectivity index (χ0) is 27.4. The lowest BCUT2D eigenvalue weighted by Crippen LogP contribution is -2.23. The summed E-state index contributed by atoms with van der Waals surface area (Å²) in [6.07, 6.45) is 2.41. The van der Waals surface area contributed by atoms with Crippen LogP contribution in [-0.4, -0.2) is 28.8 Å². The number of aryl methyl sites for hydroxylation is 2. The highest BCUT2D eigenvalue weighted by Gasteiger charge is 2.20. The highest BCUT2D eigenvalue weighted by molar-refractivity contribution is 5.87. The summed E-state index contributed by atoms with van der Waals surface area (Å²) in [5.41, 5.74) is 4.60. The topological polar surface area (TPSA) is 61.6 Å². The highest BCUT2D eigenvalue weighted by atomic mass is 19.1. The van der Waals surface area contributed by atoms with Crippen LogP contribution < -0.4 is 19.1 Å². The van der Waals surface area contributed by atoms with Gasteiger partial charge in [0.25, 0.3) is 0 Å². The van der Waals surface area contributed by atoms with Crippen LogP contribution in [0.5, 0.6) is 23.1 Å². The number of aromatic nitrogens is 3. The normalized spacial score (nSPS) is 11.0. The van der Waals surface area contributed by atoms with E-state index in [0.717, 1.165) is 39.2 Å². The molecule has 5 aromatic rings. The van der Waals surface area contributed by atoms with Gasteiger partial charge in [-0.05, 0) is 65.6 Å². The number of methoxy groups -OCH3 is 2. The van der Waals surface area contributed by atoms with Gasteiger partial charge in [0, 0.05) is 26.2 Å². The lowest BCUT2D eigenvalue weighted by molar-refractivity contribution is 0.414. The maximum absolute atomic E-state index is 13.9. The van der Waals surface area contributed by atoms with Crippen LogP contribution in [0.15, 0.2) is 79.1 Å². The lowest BCUT2D eigenvalue weighted by Gasteiger charge is -2.25. The van der Waals surface area contributed by atoms with Crippen LogP contribution in [0, 0.1) is 5.82 Å². The van der Waals surface area contributed by atoms with Crippen molar-refractivity contribution in [3.05, 3.63) is 102 Å². The summed E-state index contributed by atoms with van der Waals surface area (Å²) in [5, 5.41) is 0. The molecular weight excluding hydrogens is 495 g/mol. The van der Waals surface area contributed by atoms with E-state index in [4.69, 9.17) is 19.2 Å². The fraction of sp³-hybridized carbons (Fsp3) is 0.226. The molecule has 0 N–H and O–H groups in total. The van der Waals surface area contributed by atoms with Gasteiger partial charge in [-0.2, -0.15) is 4.98 Å². The quantitative estimate of drug-likeness (QED) is 0.202. The van der Waals surface area contributed by atoms with Crippen molar-refractivity contribution in [3.8, 4) is 23.1 Å². The second kappa shape index (κ2) is 11.4. The van der Waals surface area contributed by atoms with E-state index in [2.05, 4.69) is 9.88 Å². The smallest absolute Gasteiger partial charge is 0.223 e. The second-order valence-electron chi connectivity index (χ2n) is 9.27. The van der Waals surface area contributed by atoms with Crippen LogP contribution >= 0.6 is 0 Å². The minimum absolute atomic E-state index is 0.292. The zero-order valence-electron chi connectivity index (χ0n) is 22.5. The molecule has 0 fully saturated rings. The number of hydrogen-bond donors (Lipinski definition) is 0. The third-order valence-corrected chi connectivity index (χ3v) is 6.65. The van der Waals surface area contributed by atoms with E-state index in [-0.39, 0.29) is 5.82 Å². The Hall–Kier alpha value is -4.59. The van der Waals surface area contributed by atoms with Crippen LogP contribution in [0.2, 0.25) is 0 Å². The number of halogens is 1. The van der Waals surface area contributed by atoms with Gasteiger partial charge in [0.2, 0.25) is 5.88 Å². The largest absolute Gasteiger partial charge is 0.497 e. The summed E-state index contributed by atoms with van der Waals surface area (Å²) >= 11 is 0. The molecule has 3 aromatic carbocycles. The van der Waals surface area contributed by atoms with Gasteiger partial charge in [0.15, 0.2) is 5.82 Å². The first-order chi connectivity index (χ1) is 19.0. The molecule has 0 aliphatic heterocycles. The van der Waals surface area contributed by atoms with Crippen LogP contribution in [0.3, 0.4) is 0 Å². The number of anilines is 1. The van der Waals surface area contributed by atoms with E-state index in [1.165, 1.54) is 12.1 Å². The monoisotopic (exact) mass is 526 g/mol. The van der Waals surface area contributed by atoms with E-state index >= 15 is 0 Å². The fourth-order valence-corrected chi connectivity index (χ4v) is 4.51. The van der Waals surface area contributed by atoms with Crippen molar-refractivity contribution in [1.29, 1.82) is 0 Å². The van der Waals surface area contributed by atoms with Crippen molar-refractivity contribution >= 4 is 16.9 Å². The minimum Gasteiger partial charge on any atom is -0.497 e. The molecule has 0 saturated carbocycles. The van der Waals surface area contributed by atoms with Gasteiger partial charge in [-0.15, -0.1) is 0 Å². The number of fused-ring (bicyclic) bond motifs is 1. The minimum atomic E-state index is -0.292. The SMILES string of the molecule is CCc1cc(F)ccc1Oc1cc2c(ncn2C)c(N(Cc2ccc(OC)cc2)Cc2ccc(OC)cc2)n1. The summed E-state index contributed by atoms with van der Waals surface area (Å²) < 4.78 is 32.8. The summed E-state index contributed by atoms with van der Waals surface area (Å²) in [6, 6.07) is 22.4. The molecule has 0 bridgehead atoms. The van der Waals surface area contributed by atoms with Crippen molar-refractivity contribution in [2.45, 2.75) is 26.4 Å². The number of benzene rings is 3. The molecule has 0 aliphatic carbocycles. The van der Waals surface area contributed by atoms with E-state index in [9.17, 15) is 4.39 Å². The molecule has 0 saturated heterocycles. The Morgan fingerprint density at radius 1 is 0.846 bits per heavy atom. The molecule has 0 atom stereocenters. The second-order valence-corrected chi connectivity index (χ2v) is 9.27. The van der Waals surface area contributed by atoms with E-state index < -0.39 is 0 Å². The van der Waals surface area contributed by atoms with Gasteiger partial charge >= 0.3 is 0 Å². The van der Waals surface area contributed by atoms with Crippen LogP contribution in [0.4, 0.5) is 10.2 Å².